The van der Waals surface area contributed by atoms with E-state index in [9.17, 15) is 4.79 Å². The van der Waals surface area contributed by atoms with Gasteiger partial charge in [0, 0.05) is 54.9 Å². The molecule has 4 aromatic rings. The molecule has 1 N–H and O–H groups in total. The minimum absolute atomic E-state index is 0.242. The zero-order valence-corrected chi connectivity index (χ0v) is 19.3. The Morgan fingerprint density at radius 3 is 2.64 bits per heavy atom. The summed E-state index contributed by atoms with van der Waals surface area (Å²) in [7, 11) is 0. The van der Waals surface area contributed by atoms with Crippen molar-refractivity contribution >= 4 is 39.8 Å². The zero-order chi connectivity index (χ0) is 22.8. The summed E-state index contributed by atoms with van der Waals surface area (Å²) in [6, 6.07) is 11.7. The standard InChI is InChI=1S/C23H24N8OS/c1-15(2)30-7-9-31(10-8-30)21-13-16(5-6-24-21)22(32)26-20-12-18-11-17(23-29-25-14-33-23)3-4-19(18)27-28-20/h3-6,11-15H,7-10H2,1-2H3,(H,26,28,32). The Morgan fingerprint density at radius 1 is 1.03 bits per heavy atom. The molecule has 10 heteroatoms. The average Bonchev–Trinajstić information content (AvgIpc) is 3.39. The number of hydrogen-bond donors (Lipinski definition) is 1. The molecule has 33 heavy (non-hydrogen) atoms. The summed E-state index contributed by atoms with van der Waals surface area (Å²) in [4.78, 5) is 22.1. The third-order valence-corrected chi connectivity index (χ3v) is 6.55. The maximum atomic E-state index is 12.9. The number of anilines is 2. The van der Waals surface area contributed by atoms with Gasteiger partial charge in [-0.1, -0.05) is 11.3 Å². The lowest BCUT2D eigenvalue weighted by molar-refractivity contribution is 0.102. The molecular weight excluding hydrogens is 436 g/mol. The summed E-state index contributed by atoms with van der Waals surface area (Å²) < 4.78 is 0. The maximum absolute atomic E-state index is 12.9. The number of nitrogens with one attached hydrogen (secondary N) is 1. The molecule has 0 unspecified atom stereocenters. The number of aromatic nitrogens is 5. The predicted octanol–water partition coefficient (Wildman–Crippen LogP) is 3.33. The van der Waals surface area contributed by atoms with Gasteiger partial charge in [-0.15, -0.1) is 20.4 Å². The lowest BCUT2D eigenvalue weighted by atomic mass is 10.1. The third kappa shape index (κ3) is 4.67. The number of piperazine rings is 1. The van der Waals surface area contributed by atoms with E-state index in [-0.39, 0.29) is 5.91 Å². The van der Waals surface area contributed by atoms with Crippen LogP contribution in [0.2, 0.25) is 0 Å². The Hall–Kier alpha value is -3.50. The second kappa shape index (κ2) is 9.16. The van der Waals surface area contributed by atoms with Gasteiger partial charge < -0.3 is 10.2 Å². The molecule has 0 radical (unpaired) electrons. The number of nitrogens with zero attached hydrogens (tertiary/aromatic N) is 7. The van der Waals surface area contributed by atoms with Gasteiger partial charge in [0.1, 0.15) is 16.3 Å². The van der Waals surface area contributed by atoms with Crippen LogP contribution in [0.4, 0.5) is 11.6 Å². The van der Waals surface area contributed by atoms with E-state index in [1.165, 1.54) is 11.3 Å². The van der Waals surface area contributed by atoms with E-state index in [2.05, 4.69) is 54.3 Å². The maximum Gasteiger partial charge on any atom is 0.257 e. The molecule has 5 rings (SSSR count). The van der Waals surface area contributed by atoms with Crippen LogP contribution in [0.1, 0.15) is 24.2 Å². The van der Waals surface area contributed by atoms with Crippen LogP contribution in [-0.2, 0) is 0 Å². The van der Waals surface area contributed by atoms with E-state index in [0.29, 0.717) is 17.4 Å². The number of hydrogen-bond acceptors (Lipinski definition) is 9. The highest BCUT2D eigenvalue weighted by molar-refractivity contribution is 7.12. The number of pyridine rings is 1. The van der Waals surface area contributed by atoms with Gasteiger partial charge in [-0.3, -0.25) is 9.69 Å². The van der Waals surface area contributed by atoms with Gasteiger partial charge in [-0.2, -0.15) is 0 Å². The van der Waals surface area contributed by atoms with Crippen molar-refractivity contribution in [3.8, 4) is 10.6 Å². The fourth-order valence-corrected chi connectivity index (χ4v) is 4.48. The van der Waals surface area contributed by atoms with E-state index in [1.807, 2.05) is 30.3 Å². The second-order valence-electron chi connectivity index (χ2n) is 8.22. The molecule has 0 saturated carbocycles. The number of carbonyl (C=O) groups is 1. The lowest BCUT2D eigenvalue weighted by Gasteiger charge is -2.37. The molecule has 1 fully saturated rings. The molecule has 1 saturated heterocycles. The van der Waals surface area contributed by atoms with Crippen molar-refractivity contribution < 1.29 is 4.79 Å². The predicted molar refractivity (Wildman–Crippen MR) is 130 cm³/mol. The highest BCUT2D eigenvalue weighted by Gasteiger charge is 2.20. The summed E-state index contributed by atoms with van der Waals surface area (Å²) in [6.45, 7) is 8.19. The van der Waals surface area contributed by atoms with E-state index < -0.39 is 0 Å². The minimum Gasteiger partial charge on any atom is -0.354 e. The summed E-state index contributed by atoms with van der Waals surface area (Å²) >= 11 is 1.47. The molecule has 3 aromatic heterocycles. The van der Waals surface area contributed by atoms with E-state index in [4.69, 9.17) is 0 Å². The van der Waals surface area contributed by atoms with Crippen LogP contribution >= 0.6 is 11.3 Å². The molecule has 4 heterocycles. The van der Waals surface area contributed by atoms with Crippen molar-refractivity contribution in [3.63, 3.8) is 0 Å². The van der Waals surface area contributed by atoms with Crippen molar-refractivity contribution in [2.45, 2.75) is 19.9 Å². The molecule has 1 aliphatic rings. The van der Waals surface area contributed by atoms with Gasteiger partial charge in [0.25, 0.3) is 5.91 Å². The molecule has 9 nitrogen and oxygen atoms in total. The molecule has 0 atom stereocenters. The average molecular weight is 461 g/mol. The van der Waals surface area contributed by atoms with Crippen LogP contribution in [-0.4, -0.2) is 68.4 Å². The monoisotopic (exact) mass is 460 g/mol. The SMILES string of the molecule is CC(C)N1CCN(c2cc(C(=O)Nc3cc4cc(-c5nncs5)ccc4nn3)ccn2)CC1. The summed E-state index contributed by atoms with van der Waals surface area (Å²) in [5, 5.41) is 21.0. The first-order valence-electron chi connectivity index (χ1n) is 10.9. The van der Waals surface area contributed by atoms with Gasteiger partial charge in [0.2, 0.25) is 0 Å². The smallest absolute Gasteiger partial charge is 0.257 e. The summed E-state index contributed by atoms with van der Waals surface area (Å²) in [5.74, 6) is 0.969. The van der Waals surface area contributed by atoms with Crippen LogP contribution in [0.25, 0.3) is 21.5 Å². The van der Waals surface area contributed by atoms with Crippen molar-refractivity contribution in [1.82, 2.24) is 30.3 Å². The molecule has 0 spiro atoms. The third-order valence-electron chi connectivity index (χ3n) is 5.81. The number of benzene rings is 1. The topological polar surface area (TPSA) is 100 Å². The molecule has 1 aromatic carbocycles. The number of fused-ring (bicyclic) bond motifs is 1. The molecule has 0 bridgehead atoms. The van der Waals surface area contributed by atoms with Crippen LogP contribution < -0.4 is 10.2 Å². The van der Waals surface area contributed by atoms with Gasteiger partial charge in [0.15, 0.2) is 5.82 Å². The van der Waals surface area contributed by atoms with E-state index >= 15 is 0 Å². The first-order chi connectivity index (χ1) is 16.1. The van der Waals surface area contributed by atoms with Crippen LogP contribution in [0.15, 0.2) is 48.1 Å². The highest BCUT2D eigenvalue weighted by Crippen LogP contribution is 2.25. The number of rotatable bonds is 5. The van der Waals surface area contributed by atoms with Crippen LogP contribution in [0.5, 0.6) is 0 Å². The van der Waals surface area contributed by atoms with Crippen LogP contribution in [0.3, 0.4) is 0 Å². The fourth-order valence-electron chi connectivity index (χ4n) is 3.93. The Morgan fingerprint density at radius 2 is 1.88 bits per heavy atom. The van der Waals surface area contributed by atoms with Gasteiger partial charge in [-0.05, 0) is 50.2 Å². The minimum atomic E-state index is -0.242. The largest absolute Gasteiger partial charge is 0.354 e. The highest BCUT2D eigenvalue weighted by atomic mass is 32.1. The molecule has 168 valence electrons. The van der Waals surface area contributed by atoms with Crippen molar-refractivity contribution in [1.29, 1.82) is 0 Å². The van der Waals surface area contributed by atoms with E-state index in [1.54, 1.807) is 17.8 Å². The number of carbonyl (C=O) groups excluding carboxylic acids is 1. The molecular formula is C23H24N8OS. The molecule has 1 aliphatic heterocycles. The Balaban J connectivity index is 1.32. The van der Waals surface area contributed by atoms with Gasteiger partial charge >= 0.3 is 0 Å². The lowest BCUT2D eigenvalue weighted by Crippen LogP contribution is -2.49. The van der Waals surface area contributed by atoms with Crippen molar-refractivity contribution in [2.75, 3.05) is 36.4 Å². The van der Waals surface area contributed by atoms with Gasteiger partial charge in [0.05, 0.1) is 5.52 Å². The normalized spacial score (nSPS) is 14.7. The quantitative estimate of drug-likeness (QED) is 0.484. The molecule has 0 aliphatic carbocycles. The second-order valence-corrected chi connectivity index (χ2v) is 9.05. The first-order valence-corrected chi connectivity index (χ1v) is 11.8. The van der Waals surface area contributed by atoms with E-state index in [0.717, 1.165) is 53.5 Å². The van der Waals surface area contributed by atoms with Crippen molar-refractivity contribution in [2.24, 2.45) is 0 Å². The summed E-state index contributed by atoms with van der Waals surface area (Å²) in [6.07, 6.45) is 1.68. The first kappa shape index (κ1) is 21.4. The molecule has 1 amide bonds. The van der Waals surface area contributed by atoms with Gasteiger partial charge in [-0.25, -0.2) is 4.98 Å². The summed E-state index contributed by atoms with van der Waals surface area (Å²) in [5.41, 5.74) is 3.93. The Bertz CT molecular complexity index is 1270. The Labute approximate surface area is 195 Å². The zero-order valence-electron chi connectivity index (χ0n) is 18.5. The fraction of sp³-hybridized carbons (Fsp3) is 0.304. The Kier molecular flexibility index (Phi) is 5.93. The van der Waals surface area contributed by atoms with Crippen molar-refractivity contribution in [3.05, 3.63) is 53.7 Å². The number of amides is 1. The van der Waals surface area contributed by atoms with Crippen LogP contribution in [0, 0.1) is 0 Å².